The third-order valence-electron chi connectivity index (χ3n) is 5.96. The molecular weight excluding hydrogens is 422 g/mol. The number of carbonyl (C=O) groups excluding carboxylic acids is 1. The number of benzodiazepines with no additional fused rings is 1. The minimum atomic E-state index is -0.409. The number of thioether (sulfide) groups is 1. The number of non-ortho nitro benzene ring substituents is 1. The number of hydrogen-bond donors (Lipinski definition) is 0. The van der Waals surface area contributed by atoms with E-state index in [1.54, 1.807) is 13.1 Å². The van der Waals surface area contributed by atoms with Crippen LogP contribution in [0.15, 0.2) is 52.4 Å². The second-order valence-corrected chi connectivity index (χ2v) is 9.22. The van der Waals surface area contributed by atoms with Crippen LogP contribution in [0.3, 0.4) is 0 Å². The summed E-state index contributed by atoms with van der Waals surface area (Å²) in [5, 5.41) is 11.4. The van der Waals surface area contributed by atoms with E-state index in [0.717, 1.165) is 22.6 Å². The van der Waals surface area contributed by atoms with Crippen molar-refractivity contribution in [1.82, 2.24) is 0 Å². The molecule has 1 amide bonds. The van der Waals surface area contributed by atoms with Gasteiger partial charge < -0.3 is 4.90 Å². The number of likely N-dealkylation sites (N-methyl/N-ethyl adjacent to an activating group) is 1. The van der Waals surface area contributed by atoms with Gasteiger partial charge in [-0.05, 0) is 24.5 Å². The van der Waals surface area contributed by atoms with E-state index >= 15 is 0 Å². The molecule has 1 heterocycles. The predicted octanol–water partition coefficient (Wildman–Crippen LogP) is 6.11. The maximum atomic E-state index is 12.5. The Morgan fingerprint density at radius 2 is 1.94 bits per heavy atom. The van der Waals surface area contributed by atoms with Crippen molar-refractivity contribution in [1.29, 1.82) is 0 Å². The zero-order valence-electron chi connectivity index (χ0n) is 19.0. The zero-order valence-corrected chi connectivity index (χ0v) is 19.9. The molecule has 0 aromatic heterocycles. The molecule has 32 heavy (non-hydrogen) atoms. The standard InChI is InChI=1S/C25H31N3O3S/c1-4-6-7-10-18(5-2)17-32-23-12-9-8-11-20(23)25-21-15-19(28(30)31)13-14-22(21)27(3)24(29)16-26-25/h8-9,11-15,18H,4-7,10,16-17H2,1-3H3. The van der Waals surface area contributed by atoms with Gasteiger partial charge in [0.15, 0.2) is 0 Å². The lowest BCUT2D eigenvalue weighted by molar-refractivity contribution is -0.384. The number of hydrogen-bond acceptors (Lipinski definition) is 5. The van der Waals surface area contributed by atoms with E-state index in [4.69, 9.17) is 0 Å². The second-order valence-electron chi connectivity index (χ2n) is 8.15. The highest BCUT2D eigenvalue weighted by Crippen LogP contribution is 2.34. The van der Waals surface area contributed by atoms with Gasteiger partial charge in [0.2, 0.25) is 5.91 Å². The van der Waals surface area contributed by atoms with Crippen LogP contribution in [0, 0.1) is 16.0 Å². The maximum absolute atomic E-state index is 12.5. The number of aliphatic imine (C=N–C) groups is 1. The number of unbranched alkanes of at least 4 members (excludes halogenated alkanes) is 2. The molecule has 0 saturated carbocycles. The normalized spacial score (nSPS) is 14.5. The molecule has 0 aliphatic carbocycles. The highest BCUT2D eigenvalue weighted by Gasteiger charge is 2.26. The van der Waals surface area contributed by atoms with Crippen LogP contribution in [-0.2, 0) is 4.79 Å². The van der Waals surface area contributed by atoms with Gasteiger partial charge in [-0.1, -0.05) is 57.7 Å². The Morgan fingerprint density at radius 1 is 1.16 bits per heavy atom. The first-order valence-electron chi connectivity index (χ1n) is 11.3. The summed E-state index contributed by atoms with van der Waals surface area (Å²) in [6, 6.07) is 12.6. The molecule has 1 aliphatic heterocycles. The second kappa shape index (κ2) is 11.3. The topological polar surface area (TPSA) is 75.8 Å². The van der Waals surface area contributed by atoms with Crippen LogP contribution in [0.25, 0.3) is 0 Å². The van der Waals surface area contributed by atoms with Gasteiger partial charge in [0.25, 0.3) is 5.69 Å². The molecule has 1 atom stereocenters. The van der Waals surface area contributed by atoms with Gasteiger partial charge in [-0.3, -0.25) is 19.9 Å². The van der Waals surface area contributed by atoms with Crippen LogP contribution in [0.4, 0.5) is 11.4 Å². The van der Waals surface area contributed by atoms with E-state index in [-0.39, 0.29) is 18.1 Å². The summed E-state index contributed by atoms with van der Waals surface area (Å²) in [7, 11) is 1.69. The molecule has 1 aliphatic rings. The van der Waals surface area contributed by atoms with Crippen molar-refractivity contribution >= 4 is 34.8 Å². The number of rotatable bonds is 10. The first-order chi connectivity index (χ1) is 15.5. The third-order valence-corrected chi connectivity index (χ3v) is 7.27. The third kappa shape index (κ3) is 5.57. The Labute approximate surface area is 194 Å². The van der Waals surface area contributed by atoms with Crippen molar-refractivity contribution in [3.63, 3.8) is 0 Å². The minimum absolute atomic E-state index is 0.00805. The molecule has 0 fully saturated rings. The molecule has 2 aromatic rings. The van der Waals surface area contributed by atoms with Crippen molar-refractivity contribution in [2.45, 2.75) is 50.8 Å². The van der Waals surface area contributed by atoms with Crippen molar-refractivity contribution < 1.29 is 9.72 Å². The van der Waals surface area contributed by atoms with Crippen LogP contribution in [0.1, 0.15) is 57.1 Å². The van der Waals surface area contributed by atoms with E-state index < -0.39 is 4.92 Å². The summed E-state index contributed by atoms with van der Waals surface area (Å²) < 4.78 is 0. The molecule has 0 radical (unpaired) electrons. The summed E-state index contributed by atoms with van der Waals surface area (Å²) in [6.07, 6.45) is 6.13. The van der Waals surface area contributed by atoms with E-state index in [0.29, 0.717) is 22.9 Å². The quantitative estimate of drug-likeness (QED) is 0.188. The number of nitro benzene ring substituents is 1. The molecule has 2 aromatic carbocycles. The maximum Gasteiger partial charge on any atom is 0.270 e. The summed E-state index contributed by atoms with van der Waals surface area (Å²) in [6.45, 7) is 4.49. The fourth-order valence-corrected chi connectivity index (χ4v) is 5.22. The summed E-state index contributed by atoms with van der Waals surface area (Å²) in [4.78, 5) is 30.8. The van der Waals surface area contributed by atoms with Crippen LogP contribution in [-0.4, -0.2) is 35.9 Å². The molecule has 6 nitrogen and oxygen atoms in total. The van der Waals surface area contributed by atoms with Gasteiger partial charge >= 0.3 is 0 Å². The summed E-state index contributed by atoms with van der Waals surface area (Å²) in [5.74, 6) is 1.53. The summed E-state index contributed by atoms with van der Waals surface area (Å²) in [5.41, 5.74) is 2.82. The average Bonchev–Trinajstić information content (AvgIpc) is 2.92. The lowest BCUT2D eigenvalue weighted by Gasteiger charge is -2.19. The molecule has 0 spiro atoms. The smallest absolute Gasteiger partial charge is 0.270 e. The molecule has 7 heteroatoms. The Hall–Kier alpha value is -2.67. The van der Waals surface area contributed by atoms with E-state index in [9.17, 15) is 14.9 Å². The van der Waals surface area contributed by atoms with Gasteiger partial charge in [0.05, 0.1) is 16.3 Å². The van der Waals surface area contributed by atoms with Gasteiger partial charge in [0.1, 0.15) is 6.54 Å². The minimum Gasteiger partial charge on any atom is -0.313 e. The lowest BCUT2D eigenvalue weighted by atomic mass is 9.99. The van der Waals surface area contributed by atoms with Crippen molar-refractivity contribution in [3.8, 4) is 0 Å². The Kier molecular flexibility index (Phi) is 8.45. The number of amides is 1. The van der Waals surface area contributed by atoms with Crippen LogP contribution in [0.2, 0.25) is 0 Å². The molecule has 3 rings (SSSR count). The van der Waals surface area contributed by atoms with Gasteiger partial charge in [-0.2, -0.15) is 0 Å². The van der Waals surface area contributed by atoms with Crippen molar-refractivity contribution in [2.24, 2.45) is 10.9 Å². The Morgan fingerprint density at radius 3 is 2.66 bits per heavy atom. The predicted molar refractivity (Wildman–Crippen MR) is 132 cm³/mol. The molecule has 170 valence electrons. The lowest BCUT2D eigenvalue weighted by Crippen LogP contribution is -2.27. The van der Waals surface area contributed by atoms with Gasteiger partial charge in [0, 0.05) is 41.0 Å². The largest absolute Gasteiger partial charge is 0.313 e. The number of nitrogens with zero attached hydrogens (tertiary/aromatic N) is 3. The Bertz CT molecular complexity index is 1010. The molecule has 0 bridgehead atoms. The fourth-order valence-electron chi connectivity index (χ4n) is 3.91. The highest BCUT2D eigenvalue weighted by molar-refractivity contribution is 7.99. The van der Waals surface area contributed by atoms with E-state index in [1.807, 2.05) is 30.0 Å². The number of anilines is 1. The van der Waals surface area contributed by atoms with Crippen molar-refractivity contribution in [3.05, 3.63) is 63.7 Å². The highest BCUT2D eigenvalue weighted by atomic mass is 32.2. The van der Waals surface area contributed by atoms with Crippen LogP contribution in [0.5, 0.6) is 0 Å². The number of carbonyl (C=O) groups is 1. The SMILES string of the molecule is CCCCCC(CC)CSc1ccccc1C1=NCC(=O)N(C)c2ccc([N+](=O)[O-])cc21. The monoisotopic (exact) mass is 453 g/mol. The van der Waals surface area contributed by atoms with Gasteiger partial charge in [-0.25, -0.2) is 0 Å². The molecule has 1 unspecified atom stereocenters. The van der Waals surface area contributed by atoms with E-state index in [1.165, 1.54) is 42.7 Å². The zero-order chi connectivity index (χ0) is 23.1. The van der Waals surface area contributed by atoms with Crippen LogP contribution >= 0.6 is 11.8 Å². The van der Waals surface area contributed by atoms with E-state index in [2.05, 4.69) is 24.9 Å². The first kappa shape index (κ1) is 24.0. The van der Waals surface area contributed by atoms with Gasteiger partial charge in [-0.15, -0.1) is 11.8 Å². The average molecular weight is 454 g/mol. The number of fused-ring (bicyclic) bond motifs is 1. The molecular formula is C25H31N3O3S. The summed E-state index contributed by atoms with van der Waals surface area (Å²) >= 11 is 1.81. The number of benzene rings is 2. The number of nitro groups is 1. The molecule has 0 saturated heterocycles. The first-order valence-corrected chi connectivity index (χ1v) is 12.3. The van der Waals surface area contributed by atoms with Crippen LogP contribution < -0.4 is 4.90 Å². The van der Waals surface area contributed by atoms with Crippen molar-refractivity contribution in [2.75, 3.05) is 24.2 Å². The fraction of sp³-hybridized carbons (Fsp3) is 0.440. The Balaban J connectivity index is 1.96. The molecule has 0 N–H and O–H groups in total.